The zero-order valence-corrected chi connectivity index (χ0v) is 75.9. The van der Waals surface area contributed by atoms with Crippen molar-refractivity contribution in [3.8, 4) is 79.4 Å². The number of nitrogens with zero attached hydrogens (tertiary/aromatic N) is 6. The van der Waals surface area contributed by atoms with E-state index < -0.39 is 55.5 Å². The molecule has 2 aliphatic heterocycles. The van der Waals surface area contributed by atoms with Gasteiger partial charge in [0.1, 0.15) is 115 Å². The number of rotatable bonds is 30. The van der Waals surface area contributed by atoms with Gasteiger partial charge >= 0.3 is 229 Å². The van der Waals surface area contributed by atoms with Crippen molar-refractivity contribution in [1.82, 2.24) is 9.15 Å². The number of benzene rings is 8. The SMILES string of the molecule is C.C.CN(C)c1ccc2c(-c3ccc(N(CC(=O)[O-])CC(=O)O)c(OCCOc4ccccc4OCC(=O)[O-])c3)c3ccc(=[N+](C)C)cc-3oc2c1.COC(=O)COc1ccccc1OCCOc1cc(-c2c3ccc(=[N+](C)C)cc-3oc3cc(N(C)C)ccc23)ccc1N(CC(=O)OC)CC(=O)OC.[K+].[K+].[K+].[K+].[OH-]. The van der Waals surface area contributed by atoms with E-state index in [1.165, 1.54) is 26.2 Å². The van der Waals surface area contributed by atoms with Crippen LogP contribution in [-0.4, -0.2) is 190 Å². The molecule has 110 heavy (non-hydrogen) atoms. The minimum absolute atomic E-state index is 0. The maximum Gasteiger partial charge on any atom is 1.00 e. The second-order valence-electron chi connectivity index (χ2n) is 24.1. The number of fused-ring (bicyclic) bond motifs is 4. The monoisotopic (exact) mass is 1610 g/mol. The van der Waals surface area contributed by atoms with Crippen molar-refractivity contribution < 1.29 is 307 Å². The predicted octanol–water partition coefficient (Wildman–Crippen LogP) is -4.89. The molecule has 0 fully saturated rings. The minimum atomic E-state index is -1.46. The number of carboxylic acids is 3. The zero-order valence-electron chi connectivity index (χ0n) is 63.4. The molecule has 2 aliphatic carbocycles. The van der Waals surface area contributed by atoms with Crippen LogP contribution in [0.3, 0.4) is 0 Å². The summed E-state index contributed by atoms with van der Waals surface area (Å²) in [5.41, 5.74) is 8.88. The molecule has 0 unspecified atom stereocenters. The van der Waals surface area contributed by atoms with Crippen LogP contribution in [-0.2, 0) is 43.0 Å². The minimum Gasteiger partial charge on any atom is -0.870 e. The largest absolute Gasteiger partial charge is 1.00 e. The Morgan fingerprint density at radius 3 is 1.13 bits per heavy atom. The van der Waals surface area contributed by atoms with Gasteiger partial charge in [-0.15, -0.1) is 0 Å². The fourth-order valence-electron chi connectivity index (χ4n) is 11.1. The number of ether oxygens (including phenoxy) is 9. The van der Waals surface area contributed by atoms with Gasteiger partial charge in [-0.05, 0) is 96.1 Å². The van der Waals surface area contributed by atoms with Crippen LogP contribution >= 0.6 is 0 Å². The van der Waals surface area contributed by atoms with E-state index in [1.54, 1.807) is 72.8 Å². The third-order valence-electron chi connectivity index (χ3n) is 16.2. The molecule has 6 aromatic rings. The summed E-state index contributed by atoms with van der Waals surface area (Å²) in [6.45, 7) is -2.65. The second-order valence-corrected chi connectivity index (χ2v) is 24.1. The Morgan fingerprint density at radius 1 is 0.418 bits per heavy atom. The fraction of sp³-hybridized carbons (Fsp3) is 0.291. The van der Waals surface area contributed by atoms with Crippen molar-refractivity contribution in [2.45, 2.75) is 14.9 Å². The maximum atomic E-state index is 12.5. The first-order valence-corrected chi connectivity index (χ1v) is 32.4. The Balaban J connectivity index is 0.000000703. The van der Waals surface area contributed by atoms with Crippen molar-refractivity contribution >= 4 is 80.5 Å². The van der Waals surface area contributed by atoms with E-state index in [2.05, 4.69) is 4.74 Å². The Kier molecular flexibility index (Phi) is 43.9. The molecule has 6 aromatic carbocycles. The molecule has 2 heterocycles. The molecule has 0 aromatic heterocycles. The van der Waals surface area contributed by atoms with Crippen LogP contribution < -0.4 is 284 Å². The molecule has 0 bridgehead atoms. The van der Waals surface area contributed by atoms with E-state index in [9.17, 15) is 44.1 Å². The molecule has 0 radical (unpaired) electrons. The van der Waals surface area contributed by atoms with E-state index >= 15 is 0 Å². The summed E-state index contributed by atoms with van der Waals surface area (Å²) in [6, 6.07) is 48.1. The number of methoxy groups -OCH3 is 3. The van der Waals surface area contributed by atoms with E-state index in [-0.39, 0.29) is 295 Å². The first-order chi connectivity index (χ1) is 49.4. The van der Waals surface area contributed by atoms with Crippen molar-refractivity contribution in [1.29, 1.82) is 0 Å². The van der Waals surface area contributed by atoms with Crippen LogP contribution in [0.2, 0.25) is 0 Å². The third kappa shape index (κ3) is 27.1. The third-order valence-corrected chi connectivity index (χ3v) is 16.2. The summed E-state index contributed by atoms with van der Waals surface area (Å²) in [5.74, 6) is -2.56. The number of esters is 3. The van der Waals surface area contributed by atoms with Gasteiger partial charge in [-0.25, -0.2) is 13.9 Å². The Labute approximate surface area is 809 Å². The number of anilines is 4. The first-order valence-electron chi connectivity index (χ1n) is 32.4. The smallest absolute Gasteiger partial charge is 0.870 e. The summed E-state index contributed by atoms with van der Waals surface area (Å²) >= 11 is 0. The summed E-state index contributed by atoms with van der Waals surface area (Å²) < 4.78 is 66.7. The normalized spacial score (nSPS) is 10.1. The molecule has 0 saturated heterocycles. The van der Waals surface area contributed by atoms with Gasteiger partial charge in [-0.1, -0.05) is 51.3 Å². The second kappa shape index (κ2) is 48.3. The summed E-state index contributed by atoms with van der Waals surface area (Å²) in [5, 5.41) is 35.8. The van der Waals surface area contributed by atoms with Crippen LogP contribution in [0.4, 0.5) is 22.7 Å². The molecule has 0 saturated carbocycles. The molecule has 27 nitrogen and oxygen atoms in total. The number of para-hydroxylation sites is 4. The summed E-state index contributed by atoms with van der Waals surface area (Å²) in [7, 11) is 19.5. The van der Waals surface area contributed by atoms with Crippen LogP contribution in [0, 0.1) is 0 Å². The predicted molar refractivity (Wildman–Crippen MR) is 399 cm³/mol. The molecule has 0 spiro atoms. The number of aliphatic carboxylic acids is 3. The van der Waals surface area contributed by atoms with E-state index in [1.807, 2.05) is 160 Å². The topological polar surface area (TPSA) is 327 Å². The van der Waals surface area contributed by atoms with Crippen molar-refractivity contribution in [3.05, 3.63) is 168 Å². The molecule has 562 valence electrons. The van der Waals surface area contributed by atoms with Crippen molar-refractivity contribution in [3.63, 3.8) is 0 Å². The fourth-order valence-corrected chi connectivity index (χ4v) is 11.1. The quantitative estimate of drug-likeness (QED) is 0.0110. The molecule has 2 N–H and O–H groups in total. The summed E-state index contributed by atoms with van der Waals surface area (Å²) in [6.07, 6.45) is 0. The molecule has 31 heteroatoms. The number of carbonyl (C=O) groups is 6. The van der Waals surface area contributed by atoms with E-state index in [0.29, 0.717) is 51.2 Å². The van der Waals surface area contributed by atoms with Gasteiger partial charge in [0, 0.05) is 96.9 Å². The van der Waals surface area contributed by atoms with Crippen molar-refractivity contribution in [2.24, 2.45) is 0 Å². The number of carboxylic acid groups (broad SMARTS) is 3. The van der Waals surface area contributed by atoms with Crippen LogP contribution in [0.1, 0.15) is 14.9 Å². The average Bonchev–Trinajstić information content (AvgIpc) is 0.754. The number of hydrogen-bond donors (Lipinski definition) is 1. The Morgan fingerprint density at radius 2 is 0.782 bits per heavy atom. The van der Waals surface area contributed by atoms with Crippen LogP contribution in [0.15, 0.2) is 167 Å². The van der Waals surface area contributed by atoms with E-state index in [4.69, 9.17) is 46.7 Å². The maximum absolute atomic E-state index is 12.5. The molecule has 0 amide bonds. The molecular weight excluding hydrogens is 1530 g/mol. The molecule has 0 atom stereocenters. The van der Waals surface area contributed by atoms with Gasteiger partial charge < -0.3 is 101 Å². The van der Waals surface area contributed by atoms with E-state index in [0.717, 1.165) is 65.6 Å². The number of hydrogen-bond acceptors (Lipinski definition) is 24. The number of carbonyl (C=O) groups excluding carboxylic acids is 5. The Hall–Kier alpha value is -5.97. The van der Waals surface area contributed by atoms with Gasteiger partial charge in [-0.3, -0.25) is 14.4 Å². The standard InChI is InChI=1S/C40H44N3O10.C37H37N3O10.2CH4.4K.H2O/c1-41(2)27-13-15-29-34(21-27)53-35-22-28(42(3)4)14-16-30(35)40(29)26-12-17-31(43(23-37(44)47-5)24-38(45)48-6)36(20-26)51-19-18-50-32-10-8-9-11-33(32)52-25-39(46)49-7;1-38(2)24-10-12-26-31(18-24)50-32-19-25(39(3)4)11-13-27(32)37(26)23-9-14-28(40(20-34(41)42)21-35(43)44)33(17-23)48-16-15-47-29-7-5-6-8-30(29)49-22-36(45)46;;;;;;;/h8-17,20-22H,18-19,23-25H2,1-7H3;5-14,17-19H,15-16,20-22H2,1-4H3,(H2-,41,42,43,44,45,46);2*1H4;;;;;1H2/q+1;;;;4*+1;/p-2. The van der Waals surface area contributed by atoms with Gasteiger partial charge in [0.05, 0.1) is 63.3 Å². The van der Waals surface area contributed by atoms with Crippen LogP contribution in [0.25, 0.3) is 66.8 Å². The van der Waals surface area contributed by atoms with Gasteiger partial charge in [0.2, 0.25) is 10.7 Å². The molecule has 10 rings (SSSR count). The zero-order chi connectivity index (χ0) is 74.0. The summed E-state index contributed by atoms with van der Waals surface area (Å²) in [4.78, 5) is 77.7. The average molecular weight is 1610 g/mol. The van der Waals surface area contributed by atoms with Gasteiger partial charge in [-0.2, -0.15) is 0 Å². The Bertz CT molecular complexity index is 4820. The van der Waals surface area contributed by atoms with Gasteiger partial charge in [0.15, 0.2) is 29.6 Å². The van der Waals surface area contributed by atoms with Gasteiger partial charge in [0.25, 0.3) is 0 Å². The first kappa shape index (κ1) is 100. The van der Waals surface area contributed by atoms with Crippen molar-refractivity contribution in [2.75, 3.05) is 163 Å². The molecular formula is C79H89K4N6O21+3. The van der Waals surface area contributed by atoms with Crippen LogP contribution in [0.5, 0.6) is 34.5 Å². The molecule has 4 aliphatic rings.